The molecule has 0 radical (unpaired) electrons. The third-order valence-corrected chi connectivity index (χ3v) is 16.0. The largest absolute Gasteiger partial charge is 0.508 e. The Balaban J connectivity index is 1.71. The van der Waals surface area contributed by atoms with Crippen LogP contribution in [0.5, 0.6) is 5.75 Å². The number of aromatic hydroxyl groups is 1. The fraction of sp³-hybridized carbons (Fsp3) is 0.536. The number of hydrogen-bond donors (Lipinski definition) is 24. The van der Waals surface area contributed by atoms with Gasteiger partial charge in [-0.1, -0.05) is 12.1 Å². The van der Waals surface area contributed by atoms with Crippen molar-refractivity contribution in [2.45, 2.75) is 137 Å². The van der Waals surface area contributed by atoms with Crippen LogP contribution in [0.2, 0.25) is 0 Å². The second-order valence-corrected chi connectivity index (χ2v) is 23.5. The lowest BCUT2D eigenvalue weighted by Gasteiger charge is -2.30. The average molecular weight is 1470 g/mol. The highest BCUT2D eigenvalue weighted by Gasteiger charge is 2.41. The number of H-pyrrole nitrogens is 1. The van der Waals surface area contributed by atoms with Crippen molar-refractivity contribution in [3.63, 3.8) is 0 Å². The van der Waals surface area contributed by atoms with Crippen LogP contribution in [0, 0.1) is 0 Å². The molecular formula is C56H82N18O21S4. The van der Waals surface area contributed by atoms with Gasteiger partial charge < -0.3 is 111 Å². The number of carboxylic acids is 2. The molecule has 1 aromatic heterocycles. The Labute approximate surface area is 586 Å². The highest BCUT2D eigenvalue weighted by atomic mass is 32.1. The van der Waals surface area contributed by atoms with E-state index in [1.165, 1.54) is 43.7 Å². The number of thiol groups is 4. The Kier molecular flexibility index (Phi) is 35.9. The summed E-state index contributed by atoms with van der Waals surface area (Å²) in [6.07, 6.45) is -0.585. The number of nitrogens with zero attached hydrogens (tertiary/aromatic N) is 2. The number of likely N-dealkylation sites (tertiary alicyclic amines) is 1. The van der Waals surface area contributed by atoms with E-state index in [4.69, 9.17) is 22.3 Å². The summed E-state index contributed by atoms with van der Waals surface area (Å²) in [6, 6.07) is -13.5. The number of imidazole rings is 1. The highest BCUT2D eigenvalue weighted by Crippen LogP contribution is 2.21. The lowest BCUT2D eigenvalue weighted by atomic mass is 10.0. The minimum absolute atomic E-state index is 0.00974. The maximum Gasteiger partial charge on any atom is 0.327 e. The molecule has 546 valence electrons. The zero-order valence-corrected chi connectivity index (χ0v) is 56.6. The number of benzene rings is 1. The number of phenols is 1. The number of amides is 15. The van der Waals surface area contributed by atoms with E-state index in [1.807, 2.05) is 0 Å². The fourth-order valence-electron chi connectivity index (χ4n) is 9.23. The first-order chi connectivity index (χ1) is 46.8. The number of aliphatic carboxylic acids is 2. The number of hydrogen-bond acceptors (Lipinski definition) is 25. The average Bonchev–Trinajstić information content (AvgIpc) is 1.74. The number of carbonyl (C=O) groups is 17. The zero-order valence-electron chi connectivity index (χ0n) is 53.1. The minimum Gasteiger partial charge on any atom is -0.508 e. The number of phenolic OH excluding ortho intramolecular Hbond substituents is 1. The molecule has 0 saturated carbocycles. The fourth-order valence-corrected chi connectivity index (χ4v) is 10.2. The molecule has 0 unspecified atom stereocenters. The first kappa shape index (κ1) is 83.8. The molecule has 99 heavy (non-hydrogen) atoms. The Morgan fingerprint density at radius 2 is 1.04 bits per heavy atom. The van der Waals surface area contributed by atoms with Crippen molar-refractivity contribution >= 4 is 151 Å². The molecule has 43 heteroatoms. The molecule has 1 saturated heterocycles. The maximum atomic E-state index is 14.4. The van der Waals surface area contributed by atoms with Crippen LogP contribution in [-0.2, 0) is 94.3 Å². The molecule has 0 bridgehead atoms. The SMILES string of the molecule is C[C@H](NC(=O)[C@@H]1CCCN1C(=O)[C@H](Cc1cnc[nH]1)NC(=O)[C@H](CS)NC(=O)[C@H](CS)NC(=O)[C@H](CCC(=O)O)NC(=O)CN)C(=O)N[C@@H](CS)C(=O)NCC(=O)N[C@@H](CCC(N)=O)C(=O)N[C@@H](CC(N)=O)C(=O)N[C@@H](Cc1ccc(O)cc1)C(=O)N[C@@H](CO)C(=O)N[C@@H](CS)C(=O)O. The van der Waals surface area contributed by atoms with Crippen LogP contribution >= 0.6 is 50.5 Å². The molecule has 3 rings (SSSR count). The second-order valence-electron chi connectivity index (χ2n) is 22.1. The quantitative estimate of drug-likeness (QED) is 0.0274. The topological polar surface area (TPSA) is 625 Å². The van der Waals surface area contributed by atoms with Gasteiger partial charge in [0.05, 0.1) is 32.4 Å². The van der Waals surface area contributed by atoms with Gasteiger partial charge in [-0.2, -0.15) is 50.5 Å². The van der Waals surface area contributed by atoms with E-state index < -0.39 is 231 Å². The van der Waals surface area contributed by atoms with Crippen LogP contribution in [0.3, 0.4) is 0 Å². The van der Waals surface area contributed by atoms with Gasteiger partial charge >= 0.3 is 11.9 Å². The first-order valence-corrected chi connectivity index (χ1v) is 32.7. The highest BCUT2D eigenvalue weighted by molar-refractivity contribution is 7.80. The Morgan fingerprint density at radius 3 is 1.56 bits per heavy atom. The third-order valence-electron chi connectivity index (χ3n) is 14.5. The van der Waals surface area contributed by atoms with E-state index in [9.17, 15) is 96.8 Å². The molecule has 0 aliphatic carbocycles. The molecule has 39 nitrogen and oxygen atoms in total. The van der Waals surface area contributed by atoms with Gasteiger partial charge in [-0.05, 0) is 50.3 Å². The van der Waals surface area contributed by atoms with E-state index in [0.717, 1.165) is 4.90 Å². The smallest absolute Gasteiger partial charge is 0.327 e. The van der Waals surface area contributed by atoms with E-state index in [0.29, 0.717) is 5.69 Å². The van der Waals surface area contributed by atoms with Gasteiger partial charge in [0.15, 0.2) is 0 Å². The van der Waals surface area contributed by atoms with E-state index >= 15 is 0 Å². The molecule has 1 aliphatic heterocycles. The van der Waals surface area contributed by atoms with Gasteiger partial charge in [0.1, 0.15) is 78.3 Å². The van der Waals surface area contributed by atoms with E-state index in [-0.39, 0.29) is 60.8 Å². The van der Waals surface area contributed by atoms with Crippen molar-refractivity contribution in [2.24, 2.45) is 17.2 Å². The molecule has 1 aromatic carbocycles. The third kappa shape index (κ3) is 28.5. The predicted octanol–water partition coefficient (Wildman–Crippen LogP) is -9.88. The monoisotopic (exact) mass is 1470 g/mol. The molecule has 15 amide bonds. The molecule has 2 heterocycles. The lowest BCUT2D eigenvalue weighted by molar-refractivity contribution is -0.142. The van der Waals surface area contributed by atoms with Gasteiger partial charge in [0.2, 0.25) is 88.6 Å². The normalized spacial score (nSPS) is 15.8. The summed E-state index contributed by atoms with van der Waals surface area (Å²) in [4.78, 5) is 230. The van der Waals surface area contributed by atoms with Crippen LogP contribution in [0.4, 0.5) is 0 Å². The van der Waals surface area contributed by atoms with Crippen LogP contribution < -0.4 is 81.0 Å². The standard InChI is InChI=1S/C56H82N18O21S4/c1-25(63-54(92)39-3-2-12-74(39)55(93)33(14-27-17-60-24-62-27)68-52(90)36(21-97)72-53(91)37(22-98)71-48(86)30(9-11-44(81)82)64-42(79)16-57)45(83)70-35(20-96)46(84)61-18-43(80)65-29(8-10-40(58)77)47(85)67-32(15-41(59)78)50(88)66-31(13-26-4-6-28(76)7-5-26)49(87)69-34(19-75)51(89)73-38(23-99)56(94)95/h4-7,17,24-25,29-39,75-76,96-99H,2-3,8-16,18-23,57H2,1H3,(H2,58,77)(H2,59,78)(H,60,62)(H,61,84)(H,63,92)(H,64,79)(H,65,80)(H,66,88)(H,67,85)(H,68,90)(H,69,87)(H,70,83)(H,71,86)(H,72,91)(H,73,89)(H,81,82)(H,94,95)/t25-,29-,30-,31-,32-,33-,34-,35-,36-,37-,38-,39-/m0/s1. The van der Waals surface area contributed by atoms with Gasteiger partial charge in [0.25, 0.3) is 0 Å². The van der Waals surface area contributed by atoms with Gasteiger partial charge in [-0.3, -0.25) is 76.7 Å². The minimum atomic E-state index is -1.94. The second kappa shape index (κ2) is 42.4. The van der Waals surface area contributed by atoms with Crippen molar-refractivity contribution < 1.29 is 102 Å². The molecule has 1 aliphatic rings. The lowest BCUT2D eigenvalue weighted by Crippen LogP contribution is -2.61. The molecule has 2 aromatic rings. The molecule has 1 fully saturated rings. The number of carboxylic acid groups (broad SMARTS) is 2. The maximum absolute atomic E-state index is 14.4. The summed E-state index contributed by atoms with van der Waals surface area (Å²) >= 11 is 16.3. The Morgan fingerprint density at radius 1 is 0.566 bits per heavy atom. The van der Waals surface area contributed by atoms with Crippen molar-refractivity contribution in [2.75, 3.05) is 49.3 Å². The van der Waals surface area contributed by atoms with E-state index in [2.05, 4.69) is 124 Å². The number of aromatic nitrogens is 2. The van der Waals surface area contributed by atoms with Crippen LogP contribution in [0.25, 0.3) is 0 Å². The van der Waals surface area contributed by atoms with Crippen molar-refractivity contribution in [1.29, 1.82) is 0 Å². The van der Waals surface area contributed by atoms with Gasteiger partial charge in [-0.25, -0.2) is 9.78 Å². The van der Waals surface area contributed by atoms with Gasteiger partial charge in [-0.15, -0.1) is 0 Å². The molecule has 0 spiro atoms. The number of aliphatic hydroxyl groups excluding tert-OH is 1. The number of primary amides is 2. The summed E-state index contributed by atoms with van der Waals surface area (Å²) in [7, 11) is 0. The van der Waals surface area contributed by atoms with E-state index in [1.54, 1.807) is 0 Å². The number of aromatic amines is 1. The summed E-state index contributed by atoms with van der Waals surface area (Å²) < 4.78 is 0. The van der Waals surface area contributed by atoms with Crippen LogP contribution in [-0.4, -0.2) is 258 Å². The van der Waals surface area contributed by atoms with Crippen molar-refractivity contribution in [3.05, 3.63) is 48.0 Å². The van der Waals surface area contributed by atoms with Crippen LogP contribution in [0.15, 0.2) is 36.8 Å². The Bertz CT molecular complexity index is 3230. The summed E-state index contributed by atoms with van der Waals surface area (Å²) in [5.74, 6) is -19.8. The molecule has 23 N–H and O–H groups in total. The number of carbonyl (C=O) groups excluding carboxylic acids is 15. The van der Waals surface area contributed by atoms with Crippen LogP contribution in [0.1, 0.15) is 63.1 Å². The molecular weight excluding hydrogens is 1390 g/mol. The predicted molar refractivity (Wildman–Crippen MR) is 357 cm³/mol. The Hall–Kier alpha value is -9.46. The van der Waals surface area contributed by atoms with Crippen molar-refractivity contribution in [1.82, 2.24) is 78.7 Å². The number of nitrogens with two attached hydrogens (primary N) is 3. The summed E-state index contributed by atoms with van der Waals surface area (Å²) in [6.45, 7) is -1.29. The number of rotatable bonds is 43. The number of nitrogens with one attached hydrogen (secondary N) is 13. The van der Waals surface area contributed by atoms with Gasteiger partial charge in [0, 0.05) is 67.1 Å². The summed E-state index contributed by atoms with van der Waals surface area (Å²) in [5, 5.41) is 66.0. The number of aliphatic hydroxyl groups is 1. The zero-order chi connectivity index (χ0) is 74.2. The van der Waals surface area contributed by atoms with Crippen molar-refractivity contribution in [3.8, 4) is 5.75 Å². The summed E-state index contributed by atoms with van der Waals surface area (Å²) in [5.41, 5.74) is 16.7. The first-order valence-electron chi connectivity index (χ1n) is 30.2. The molecule has 12 atom stereocenters.